The summed E-state index contributed by atoms with van der Waals surface area (Å²) in [6, 6.07) is 0. The van der Waals surface area contributed by atoms with Gasteiger partial charge in [0.15, 0.2) is 0 Å². The van der Waals surface area contributed by atoms with Crippen LogP contribution in [-0.4, -0.2) is 24.2 Å². The van der Waals surface area contributed by atoms with Crippen LogP contribution in [0, 0.1) is 5.92 Å². The number of hydrogen-bond acceptors (Lipinski definition) is 3. The maximum atomic E-state index is 11.0. The fraction of sp³-hybridized carbons (Fsp3) is 0.800. The van der Waals surface area contributed by atoms with Gasteiger partial charge in [-0.1, -0.05) is 19.8 Å². The van der Waals surface area contributed by atoms with Gasteiger partial charge in [0.25, 0.3) is 0 Å². The number of hydrogen-bond donors (Lipinski definition) is 1. The monoisotopic (exact) mass is 202 g/mol. The fourth-order valence-corrected chi connectivity index (χ4v) is 1.22. The molecule has 0 amide bonds. The lowest BCUT2D eigenvalue weighted by molar-refractivity contribution is -0.145. The van der Waals surface area contributed by atoms with E-state index in [0.29, 0.717) is 6.42 Å². The summed E-state index contributed by atoms with van der Waals surface area (Å²) in [7, 11) is 1.38. The van der Waals surface area contributed by atoms with Crippen molar-refractivity contribution in [2.45, 2.75) is 39.0 Å². The predicted octanol–water partition coefficient (Wildman–Crippen LogP) is 1.83. The number of carboxylic acids is 1. The van der Waals surface area contributed by atoms with Crippen molar-refractivity contribution < 1.29 is 19.4 Å². The molecule has 0 aromatic rings. The molecule has 1 N–H and O–H groups in total. The maximum Gasteiger partial charge on any atom is 0.308 e. The van der Waals surface area contributed by atoms with Gasteiger partial charge in [0.2, 0.25) is 0 Å². The van der Waals surface area contributed by atoms with Crippen molar-refractivity contribution in [3.8, 4) is 0 Å². The van der Waals surface area contributed by atoms with E-state index in [1.165, 1.54) is 7.11 Å². The Morgan fingerprint density at radius 1 is 1.29 bits per heavy atom. The Bertz CT molecular complexity index is 189. The van der Waals surface area contributed by atoms with Crippen LogP contribution in [0.3, 0.4) is 0 Å². The molecule has 4 nitrogen and oxygen atoms in total. The smallest absolute Gasteiger partial charge is 0.308 e. The molecular weight excluding hydrogens is 184 g/mol. The summed E-state index contributed by atoms with van der Waals surface area (Å²) in [4.78, 5) is 21.1. The van der Waals surface area contributed by atoms with Gasteiger partial charge in [0, 0.05) is 6.42 Å². The van der Waals surface area contributed by atoms with E-state index >= 15 is 0 Å². The van der Waals surface area contributed by atoms with Gasteiger partial charge in [-0.05, 0) is 12.8 Å². The second-order valence-corrected chi connectivity index (χ2v) is 3.42. The van der Waals surface area contributed by atoms with Crippen molar-refractivity contribution in [3.05, 3.63) is 0 Å². The van der Waals surface area contributed by atoms with Gasteiger partial charge < -0.3 is 9.84 Å². The molecule has 0 bridgehead atoms. The van der Waals surface area contributed by atoms with Gasteiger partial charge in [0.05, 0.1) is 13.0 Å². The largest absolute Gasteiger partial charge is 0.481 e. The third-order valence-corrected chi connectivity index (χ3v) is 2.13. The molecule has 14 heavy (non-hydrogen) atoms. The highest BCUT2D eigenvalue weighted by molar-refractivity contribution is 5.71. The van der Waals surface area contributed by atoms with Crippen LogP contribution in [0.25, 0.3) is 0 Å². The maximum absolute atomic E-state index is 11.0. The minimum Gasteiger partial charge on any atom is -0.481 e. The number of unbranched alkanes of at least 4 members (excludes halogenated alkanes) is 2. The Hall–Kier alpha value is -1.06. The van der Waals surface area contributed by atoms with Crippen molar-refractivity contribution in [1.29, 1.82) is 0 Å². The first-order chi connectivity index (χ1) is 6.57. The Labute approximate surface area is 84.3 Å². The molecule has 0 aromatic heterocycles. The predicted molar refractivity (Wildman–Crippen MR) is 51.9 cm³/mol. The van der Waals surface area contributed by atoms with Crippen molar-refractivity contribution in [1.82, 2.24) is 0 Å². The van der Waals surface area contributed by atoms with E-state index in [1.807, 2.05) is 6.92 Å². The molecule has 1 unspecified atom stereocenters. The molecule has 0 heterocycles. The van der Waals surface area contributed by atoms with Crippen LogP contribution in [0.4, 0.5) is 0 Å². The highest BCUT2D eigenvalue weighted by atomic mass is 16.5. The number of carbonyl (C=O) groups excluding carboxylic acids is 1. The standard InChI is InChI=1S/C10H18O4/c1-8(10(13)14-2)6-4-3-5-7-9(11)12/h8H,3-7H2,1-2H3,(H,11,12). The number of esters is 1. The third kappa shape index (κ3) is 6.46. The molecule has 0 spiro atoms. The molecule has 0 aliphatic heterocycles. The SMILES string of the molecule is COC(=O)C(C)CCCCCC(=O)O. The summed E-state index contributed by atoms with van der Waals surface area (Å²) >= 11 is 0. The first kappa shape index (κ1) is 12.9. The fourth-order valence-electron chi connectivity index (χ4n) is 1.22. The Balaban J connectivity index is 3.36. The first-order valence-electron chi connectivity index (χ1n) is 4.87. The summed E-state index contributed by atoms with van der Waals surface area (Å²) in [6.45, 7) is 1.82. The van der Waals surface area contributed by atoms with E-state index in [-0.39, 0.29) is 18.3 Å². The number of carboxylic acid groups (broad SMARTS) is 1. The summed E-state index contributed by atoms with van der Waals surface area (Å²) in [5.74, 6) is -1.03. The zero-order valence-electron chi connectivity index (χ0n) is 8.78. The van der Waals surface area contributed by atoms with Crippen molar-refractivity contribution in [2.24, 2.45) is 5.92 Å². The van der Waals surface area contributed by atoms with Crippen LogP contribution >= 0.6 is 0 Å². The summed E-state index contributed by atoms with van der Waals surface area (Å²) < 4.78 is 4.57. The molecule has 0 fully saturated rings. The van der Waals surface area contributed by atoms with Gasteiger partial charge >= 0.3 is 11.9 Å². The highest BCUT2D eigenvalue weighted by Crippen LogP contribution is 2.11. The number of carbonyl (C=O) groups is 2. The minimum atomic E-state index is -0.758. The van der Waals surface area contributed by atoms with Crippen LogP contribution in [0.1, 0.15) is 39.0 Å². The lowest BCUT2D eigenvalue weighted by Crippen LogP contribution is -2.12. The summed E-state index contributed by atoms with van der Waals surface area (Å²) in [5.41, 5.74) is 0. The zero-order chi connectivity index (χ0) is 11.0. The van der Waals surface area contributed by atoms with Crippen molar-refractivity contribution in [3.63, 3.8) is 0 Å². The first-order valence-corrected chi connectivity index (χ1v) is 4.87. The Morgan fingerprint density at radius 3 is 2.43 bits per heavy atom. The molecule has 0 saturated heterocycles. The van der Waals surface area contributed by atoms with Gasteiger partial charge in [0.1, 0.15) is 0 Å². The van der Waals surface area contributed by atoms with E-state index in [9.17, 15) is 9.59 Å². The number of aliphatic carboxylic acids is 1. The molecule has 0 rings (SSSR count). The molecule has 0 aromatic carbocycles. The van der Waals surface area contributed by atoms with Crippen LogP contribution in [-0.2, 0) is 14.3 Å². The van der Waals surface area contributed by atoms with Gasteiger partial charge in [-0.2, -0.15) is 0 Å². The molecule has 0 aliphatic rings. The molecule has 1 atom stereocenters. The van der Waals surface area contributed by atoms with E-state index in [1.54, 1.807) is 0 Å². The molecular formula is C10H18O4. The van der Waals surface area contributed by atoms with Crippen molar-refractivity contribution in [2.75, 3.05) is 7.11 Å². The molecule has 0 saturated carbocycles. The molecule has 82 valence electrons. The van der Waals surface area contributed by atoms with E-state index in [4.69, 9.17) is 5.11 Å². The van der Waals surface area contributed by atoms with Gasteiger partial charge in [-0.15, -0.1) is 0 Å². The third-order valence-electron chi connectivity index (χ3n) is 2.13. The molecule has 0 radical (unpaired) electrons. The number of ether oxygens (including phenoxy) is 1. The minimum absolute atomic E-state index is 0.0789. The molecule has 4 heteroatoms. The van der Waals surface area contributed by atoms with Crippen LogP contribution in [0.5, 0.6) is 0 Å². The van der Waals surface area contributed by atoms with Crippen LogP contribution < -0.4 is 0 Å². The average molecular weight is 202 g/mol. The number of methoxy groups -OCH3 is 1. The van der Waals surface area contributed by atoms with Gasteiger partial charge in [-0.25, -0.2) is 0 Å². The molecule has 0 aliphatic carbocycles. The van der Waals surface area contributed by atoms with Crippen LogP contribution in [0.2, 0.25) is 0 Å². The summed E-state index contributed by atoms with van der Waals surface area (Å²) in [6.07, 6.45) is 3.40. The second kappa shape index (κ2) is 7.35. The lowest BCUT2D eigenvalue weighted by atomic mass is 10.0. The Kier molecular flexibility index (Phi) is 6.80. The van der Waals surface area contributed by atoms with E-state index in [0.717, 1.165) is 19.3 Å². The summed E-state index contributed by atoms with van der Waals surface area (Å²) in [5, 5.41) is 8.37. The van der Waals surface area contributed by atoms with E-state index < -0.39 is 5.97 Å². The lowest BCUT2D eigenvalue weighted by Gasteiger charge is -2.07. The average Bonchev–Trinajstić information content (AvgIpc) is 2.15. The quantitative estimate of drug-likeness (QED) is 0.505. The van der Waals surface area contributed by atoms with Crippen LogP contribution in [0.15, 0.2) is 0 Å². The van der Waals surface area contributed by atoms with Gasteiger partial charge in [-0.3, -0.25) is 9.59 Å². The van der Waals surface area contributed by atoms with E-state index in [2.05, 4.69) is 4.74 Å². The highest BCUT2D eigenvalue weighted by Gasteiger charge is 2.11. The Morgan fingerprint density at radius 2 is 1.93 bits per heavy atom. The normalized spacial score (nSPS) is 12.1. The zero-order valence-corrected chi connectivity index (χ0v) is 8.78. The number of rotatable bonds is 7. The topological polar surface area (TPSA) is 63.6 Å². The second-order valence-electron chi connectivity index (χ2n) is 3.42. The van der Waals surface area contributed by atoms with Crippen molar-refractivity contribution >= 4 is 11.9 Å².